The van der Waals surface area contributed by atoms with Crippen molar-refractivity contribution in [1.29, 1.82) is 0 Å². The van der Waals surface area contributed by atoms with Crippen LogP contribution in [-0.4, -0.2) is 48.3 Å². The highest BCUT2D eigenvalue weighted by Gasteiger charge is 2.36. The van der Waals surface area contributed by atoms with Gasteiger partial charge in [0.1, 0.15) is 5.60 Å². The molecule has 1 atom stereocenters. The van der Waals surface area contributed by atoms with Gasteiger partial charge in [0.2, 0.25) is 5.82 Å². The van der Waals surface area contributed by atoms with Crippen LogP contribution in [0.2, 0.25) is 0 Å². The molecule has 1 aromatic rings. The van der Waals surface area contributed by atoms with Crippen LogP contribution in [0.15, 0.2) is 5.10 Å². The number of benzene rings is 1. The summed E-state index contributed by atoms with van der Waals surface area (Å²) in [6, 6.07) is 0. The van der Waals surface area contributed by atoms with Gasteiger partial charge in [-0.05, 0) is 27.7 Å². The second kappa shape index (κ2) is 9.63. The SMILES string of the molecule is CCOC(=O)C(C=NN(C)C(=O)OC(C)(C)C)C(=O)c1c(F)c(F)c(F)c(F)c1F. The maximum atomic E-state index is 14.0. The first kappa shape index (κ1) is 25.0. The number of hydrogen-bond donors (Lipinski definition) is 0. The molecule has 0 saturated carbocycles. The molecule has 0 saturated heterocycles. The van der Waals surface area contributed by atoms with E-state index in [1.807, 2.05) is 0 Å². The number of carbonyl (C=O) groups excluding carboxylic acids is 3. The van der Waals surface area contributed by atoms with Crippen molar-refractivity contribution < 1.29 is 45.8 Å². The molecule has 0 aliphatic rings. The molecule has 0 bridgehead atoms. The van der Waals surface area contributed by atoms with Gasteiger partial charge < -0.3 is 9.47 Å². The number of esters is 1. The van der Waals surface area contributed by atoms with Gasteiger partial charge in [-0.3, -0.25) is 9.59 Å². The Morgan fingerprint density at radius 1 is 1.00 bits per heavy atom. The number of Topliss-reactive ketones (excluding diaryl/α,β-unsaturated/α-hetero) is 1. The highest BCUT2D eigenvalue weighted by Crippen LogP contribution is 2.25. The van der Waals surface area contributed by atoms with Gasteiger partial charge >= 0.3 is 12.1 Å². The average molecular weight is 438 g/mol. The third-order valence-corrected chi connectivity index (χ3v) is 3.33. The van der Waals surface area contributed by atoms with Crippen LogP contribution in [0.3, 0.4) is 0 Å². The van der Waals surface area contributed by atoms with Crippen LogP contribution in [0.5, 0.6) is 0 Å². The van der Waals surface area contributed by atoms with Crippen molar-refractivity contribution in [3.8, 4) is 0 Å². The zero-order valence-corrected chi connectivity index (χ0v) is 16.7. The molecule has 1 rings (SSSR count). The molecule has 1 amide bonds. The van der Waals surface area contributed by atoms with E-state index in [0.29, 0.717) is 11.2 Å². The molecule has 166 valence electrons. The maximum Gasteiger partial charge on any atom is 0.430 e. The molecule has 1 unspecified atom stereocenters. The fourth-order valence-electron chi connectivity index (χ4n) is 1.99. The molecule has 0 aromatic heterocycles. The van der Waals surface area contributed by atoms with Crippen LogP contribution in [0.1, 0.15) is 38.1 Å². The number of ether oxygens (including phenoxy) is 2. The van der Waals surface area contributed by atoms with E-state index in [1.165, 1.54) is 6.92 Å². The van der Waals surface area contributed by atoms with Gasteiger partial charge in [-0.25, -0.2) is 31.8 Å². The molecule has 7 nitrogen and oxygen atoms in total. The number of rotatable bonds is 6. The van der Waals surface area contributed by atoms with Crippen LogP contribution in [-0.2, 0) is 14.3 Å². The Labute approximate surface area is 168 Å². The minimum absolute atomic E-state index is 0.268. The van der Waals surface area contributed by atoms with Gasteiger partial charge in [0.25, 0.3) is 0 Å². The molecule has 0 spiro atoms. The molecule has 0 fully saturated rings. The Morgan fingerprint density at radius 3 is 1.90 bits per heavy atom. The minimum Gasteiger partial charge on any atom is -0.465 e. The predicted molar refractivity (Wildman–Crippen MR) is 93.2 cm³/mol. The van der Waals surface area contributed by atoms with Gasteiger partial charge in [0.05, 0.1) is 12.2 Å². The molecule has 30 heavy (non-hydrogen) atoms. The largest absolute Gasteiger partial charge is 0.465 e. The van der Waals surface area contributed by atoms with Crippen LogP contribution in [0, 0.1) is 35.0 Å². The van der Waals surface area contributed by atoms with Gasteiger partial charge in [0.15, 0.2) is 35.0 Å². The van der Waals surface area contributed by atoms with E-state index in [0.717, 1.165) is 7.05 Å². The van der Waals surface area contributed by atoms with E-state index in [9.17, 15) is 36.3 Å². The number of carbonyl (C=O) groups is 3. The smallest absolute Gasteiger partial charge is 0.430 e. The molecule has 0 aliphatic heterocycles. The molecular weight excluding hydrogens is 419 g/mol. The predicted octanol–water partition coefficient (Wildman–Crippen LogP) is 3.60. The zero-order valence-electron chi connectivity index (χ0n) is 16.7. The van der Waals surface area contributed by atoms with Gasteiger partial charge in [-0.2, -0.15) is 5.10 Å². The lowest BCUT2D eigenvalue weighted by molar-refractivity contribution is -0.144. The van der Waals surface area contributed by atoms with E-state index in [1.54, 1.807) is 20.8 Å². The number of amides is 1. The van der Waals surface area contributed by atoms with Crippen LogP contribution < -0.4 is 0 Å². The summed E-state index contributed by atoms with van der Waals surface area (Å²) in [5, 5.41) is 4.04. The topological polar surface area (TPSA) is 85.3 Å². The molecule has 12 heteroatoms. The van der Waals surface area contributed by atoms with Crippen molar-refractivity contribution in [2.24, 2.45) is 11.0 Å². The number of hydrogen-bond acceptors (Lipinski definition) is 6. The Hall–Kier alpha value is -3.05. The van der Waals surface area contributed by atoms with E-state index in [2.05, 4.69) is 9.84 Å². The summed E-state index contributed by atoms with van der Waals surface area (Å²) in [7, 11) is 1.08. The second-order valence-corrected chi connectivity index (χ2v) is 6.81. The number of halogens is 5. The Bertz CT molecular complexity index is 854. The Balaban J connectivity index is 3.36. The summed E-state index contributed by atoms with van der Waals surface area (Å²) in [5.41, 5.74) is -2.75. The summed E-state index contributed by atoms with van der Waals surface area (Å²) in [4.78, 5) is 36.4. The Kier molecular flexibility index (Phi) is 8.02. The highest BCUT2D eigenvalue weighted by molar-refractivity contribution is 6.18. The van der Waals surface area contributed by atoms with Crippen molar-refractivity contribution in [2.45, 2.75) is 33.3 Å². The van der Waals surface area contributed by atoms with Crippen LogP contribution in [0.4, 0.5) is 26.7 Å². The summed E-state index contributed by atoms with van der Waals surface area (Å²) < 4.78 is 77.5. The first-order valence-corrected chi connectivity index (χ1v) is 8.46. The minimum atomic E-state index is -2.47. The fourth-order valence-corrected chi connectivity index (χ4v) is 1.99. The third kappa shape index (κ3) is 5.74. The molecule has 1 aromatic carbocycles. The maximum absolute atomic E-state index is 14.0. The molecule has 0 N–H and O–H groups in total. The normalized spacial score (nSPS) is 12.6. The van der Waals surface area contributed by atoms with E-state index < -0.39 is 64.0 Å². The molecular formula is C18H19F5N2O5. The van der Waals surface area contributed by atoms with Crippen LogP contribution >= 0.6 is 0 Å². The first-order valence-electron chi connectivity index (χ1n) is 8.46. The van der Waals surface area contributed by atoms with E-state index >= 15 is 0 Å². The van der Waals surface area contributed by atoms with Crippen molar-refractivity contribution in [3.05, 3.63) is 34.6 Å². The highest BCUT2D eigenvalue weighted by atomic mass is 19.2. The van der Waals surface area contributed by atoms with Gasteiger partial charge in [-0.1, -0.05) is 0 Å². The Morgan fingerprint density at radius 2 is 1.47 bits per heavy atom. The number of ketones is 1. The van der Waals surface area contributed by atoms with Crippen molar-refractivity contribution in [3.63, 3.8) is 0 Å². The van der Waals surface area contributed by atoms with E-state index in [-0.39, 0.29) is 6.61 Å². The lowest BCUT2D eigenvalue weighted by Gasteiger charge is -2.22. The monoisotopic (exact) mass is 438 g/mol. The summed E-state index contributed by atoms with van der Waals surface area (Å²) in [6.45, 7) is 5.74. The quantitative estimate of drug-likeness (QED) is 0.0991. The van der Waals surface area contributed by atoms with Gasteiger partial charge in [-0.15, -0.1) is 0 Å². The molecule has 0 aliphatic carbocycles. The van der Waals surface area contributed by atoms with Gasteiger partial charge in [0, 0.05) is 13.3 Å². The lowest BCUT2D eigenvalue weighted by atomic mass is 9.97. The summed E-state index contributed by atoms with van der Waals surface area (Å²) in [6.07, 6.45) is -0.535. The van der Waals surface area contributed by atoms with Crippen molar-refractivity contribution in [1.82, 2.24) is 5.01 Å². The molecule has 0 heterocycles. The third-order valence-electron chi connectivity index (χ3n) is 3.33. The van der Waals surface area contributed by atoms with Crippen molar-refractivity contribution >= 4 is 24.1 Å². The van der Waals surface area contributed by atoms with E-state index in [4.69, 9.17) is 4.74 Å². The van der Waals surface area contributed by atoms with Crippen molar-refractivity contribution in [2.75, 3.05) is 13.7 Å². The number of hydrazone groups is 1. The summed E-state index contributed by atoms with van der Waals surface area (Å²) >= 11 is 0. The lowest BCUT2D eigenvalue weighted by Crippen LogP contribution is -2.33. The molecule has 0 radical (unpaired) electrons. The summed E-state index contributed by atoms with van der Waals surface area (Å²) in [5.74, 6) is -17.4. The second-order valence-electron chi connectivity index (χ2n) is 6.81. The van der Waals surface area contributed by atoms with Crippen LogP contribution in [0.25, 0.3) is 0 Å². The first-order chi connectivity index (χ1) is 13.7. The number of nitrogens with zero attached hydrogens (tertiary/aromatic N) is 2. The average Bonchev–Trinajstić information content (AvgIpc) is 2.63. The zero-order chi connectivity index (χ0) is 23.4. The standard InChI is InChI=1S/C18H19F5N2O5/c1-6-29-16(27)8(7-24-25(5)17(28)30-18(2,3)4)15(26)9-10(19)12(21)14(23)13(22)11(9)20/h7-8H,6H2,1-5H3. The fraction of sp³-hybridized carbons (Fsp3) is 0.444.